The molecule has 1 aromatic rings. The smallest absolute Gasteiger partial charge is 0.338 e. The largest absolute Gasteiger partial charge is 0.497 e. The van der Waals surface area contributed by atoms with Crippen LogP contribution in [-0.4, -0.2) is 29.9 Å². The molecule has 0 bridgehead atoms. The topological polar surface area (TPSA) is 59.1 Å². The Morgan fingerprint density at radius 1 is 1.50 bits per heavy atom. The van der Waals surface area contributed by atoms with Gasteiger partial charge in [-0.25, -0.2) is 4.79 Å². The molecule has 1 aromatic carbocycles. The molecule has 2 unspecified atom stereocenters. The number of rotatable bonds is 4. The summed E-state index contributed by atoms with van der Waals surface area (Å²) in [6, 6.07) is 7.55. The molecule has 4 nitrogen and oxygen atoms in total. The van der Waals surface area contributed by atoms with Crippen molar-refractivity contribution in [1.29, 1.82) is 0 Å². The fourth-order valence-electron chi connectivity index (χ4n) is 1.66. The summed E-state index contributed by atoms with van der Waals surface area (Å²) in [6.45, 7) is 1.60. The van der Waals surface area contributed by atoms with Crippen molar-refractivity contribution in [2.24, 2.45) is 0 Å². The van der Waals surface area contributed by atoms with E-state index in [2.05, 4.69) is 0 Å². The summed E-state index contributed by atoms with van der Waals surface area (Å²) in [6.07, 6.45) is 0.394. The molecule has 0 radical (unpaired) electrons. The molecule has 0 saturated carbocycles. The highest BCUT2D eigenvalue weighted by Gasteiger charge is 2.58. The zero-order valence-corrected chi connectivity index (χ0v) is 9.27. The lowest BCUT2D eigenvalue weighted by Gasteiger charge is -2.02. The quantitative estimate of drug-likeness (QED) is 0.784. The summed E-state index contributed by atoms with van der Waals surface area (Å²) in [5, 5.41) is 8.90. The second kappa shape index (κ2) is 3.79. The number of methoxy groups -OCH3 is 1. The minimum atomic E-state index is -1.00. The summed E-state index contributed by atoms with van der Waals surface area (Å²) >= 11 is 0. The van der Waals surface area contributed by atoms with E-state index in [1.165, 1.54) is 0 Å². The number of carboxylic acids is 1. The predicted molar refractivity (Wildman–Crippen MR) is 57.6 cm³/mol. The molecule has 1 fully saturated rings. The van der Waals surface area contributed by atoms with Crippen molar-refractivity contribution in [3.63, 3.8) is 0 Å². The number of benzene rings is 1. The number of carboxylic acid groups (broad SMARTS) is 1. The number of hydrogen-bond acceptors (Lipinski definition) is 3. The average Bonchev–Trinajstić information content (AvgIpc) is 2.92. The van der Waals surface area contributed by atoms with E-state index in [0.717, 1.165) is 11.3 Å². The van der Waals surface area contributed by atoms with Crippen LogP contribution >= 0.6 is 0 Å². The standard InChI is InChI=1S/C12H14O4/c1-12(11(13)14)10(16-12)7-8-3-5-9(15-2)6-4-8/h3-6,10H,7H2,1-2H3,(H,13,14). The maximum atomic E-state index is 10.8. The van der Waals surface area contributed by atoms with E-state index in [0.29, 0.717) is 6.42 Å². The van der Waals surface area contributed by atoms with E-state index in [1.54, 1.807) is 14.0 Å². The molecule has 1 aliphatic rings. The second-order valence-electron chi connectivity index (χ2n) is 4.07. The van der Waals surface area contributed by atoms with Gasteiger partial charge in [0.2, 0.25) is 0 Å². The Hall–Kier alpha value is -1.55. The fraction of sp³-hybridized carbons (Fsp3) is 0.417. The van der Waals surface area contributed by atoms with Crippen molar-refractivity contribution in [1.82, 2.24) is 0 Å². The van der Waals surface area contributed by atoms with Crippen LogP contribution in [0.2, 0.25) is 0 Å². The number of hydrogen-bond donors (Lipinski definition) is 1. The van der Waals surface area contributed by atoms with Crippen molar-refractivity contribution >= 4 is 5.97 Å². The molecule has 2 rings (SSSR count). The molecule has 4 heteroatoms. The van der Waals surface area contributed by atoms with Gasteiger partial charge in [-0.1, -0.05) is 12.1 Å². The van der Waals surface area contributed by atoms with Crippen LogP contribution in [0.15, 0.2) is 24.3 Å². The second-order valence-corrected chi connectivity index (χ2v) is 4.07. The third kappa shape index (κ3) is 1.88. The van der Waals surface area contributed by atoms with Crippen LogP contribution in [-0.2, 0) is 16.0 Å². The number of carbonyl (C=O) groups is 1. The van der Waals surface area contributed by atoms with Gasteiger partial charge in [-0.15, -0.1) is 0 Å². The highest BCUT2D eigenvalue weighted by atomic mass is 16.6. The predicted octanol–water partition coefficient (Wildman–Crippen LogP) is 1.48. The first-order chi connectivity index (χ1) is 7.56. The van der Waals surface area contributed by atoms with Gasteiger partial charge in [0.25, 0.3) is 0 Å². The minimum absolute atomic E-state index is 0.224. The fourth-order valence-corrected chi connectivity index (χ4v) is 1.66. The van der Waals surface area contributed by atoms with E-state index >= 15 is 0 Å². The summed E-state index contributed by atoms with van der Waals surface area (Å²) in [4.78, 5) is 10.8. The monoisotopic (exact) mass is 222 g/mol. The Bertz CT molecular complexity index is 398. The molecule has 2 atom stereocenters. The van der Waals surface area contributed by atoms with Crippen LogP contribution in [0, 0.1) is 0 Å². The van der Waals surface area contributed by atoms with Gasteiger partial charge in [-0.05, 0) is 24.6 Å². The molecule has 0 amide bonds. The van der Waals surface area contributed by atoms with Crippen LogP contribution in [0.5, 0.6) is 5.75 Å². The SMILES string of the molecule is COc1ccc(CC2OC2(C)C(=O)O)cc1. The molecule has 0 aromatic heterocycles. The number of ether oxygens (including phenoxy) is 2. The first kappa shape index (κ1) is 11.0. The Morgan fingerprint density at radius 2 is 2.12 bits per heavy atom. The van der Waals surface area contributed by atoms with Crippen molar-refractivity contribution in [3.8, 4) is 5.75 Å². The van der Waals surface area contributed by atoms with Gasteiger partial charge in [0.15, 0.2) is 5.60 Å². The molecule has 1 heterocycles. The average molecular weight is 222 g/mol. The Kier molecular flexibility index (Phi) is 2.59. The van der Waals surface area contributed by atoms with Gasteiger partial charge >= 0.3 is 5.97 Å². The van der Waals surface area contributed by atoms with Crippen molar-refractivity contribution < 1.29 is 19.4 Å². The van der Waals surface area contributed by atoms with Crippen molar-refractivity contribution in [2.45, 2.75) is 25.0 Å². The molecule has 0 spiro atoms. The van der Waals surface area contributed by atoms with Crippen LogP contribution < -0.4 is 4.74 Å². The molecular weight excluding hydrogens is 208 g/mol. The summed E-state index contributed by atoms with van der Waals surface area (Å²) in [5.74, 6) is -0.104. The first-order valence-electron chi connectivity index (χ1n) is 5.10. The Morgan fingerprint density at radius 3 is 2.56 bits per heavy atom. The third-order valence-corrected chi connectivity index (χ3v) is 2.95. The van der Waals surface area contributed by atoms with E-state index in [-0.39, 0.29) is 6.10 Å². The first-order valence-corrected chi connectivity index (χ1v) is 5.10. The van der Waals surface area contributed by atoms with Crippen LogP contribution in [0.4, 0.5) is 0 Å². The summed E-state index contributed by atoms with van der Waals surface area (Å²) < 4.78 is 10.2. The number of epoxide rings is 1. The highest BCUT2D eigenvalue weighted by molar-refractivity contribution is 5.80. The molecule has 86 valence electrons. The van der Waals surface area contributed by atoms with Gasteiger partial charge in [-0.2, -0.15) is 0 Å². The van der Waals surface area contributed by atoms with E-state index in [4.69, 9.17) is 14.6 Å². The molecule has 0 aliphatic carbocycles. The van der Waals surface area contributed by atoms with Gasteiger partial charge in [-0.3, -0.25) is 0 Å². The van der Waals surface area contributed by atoms with Crippen LogP contribution in [0.1, 0.15) is 12.5 Å². The molecule has 1 saturated heterocycles. The zero-order valence-electron chi connectivity index (χ0n) is 9.27. The van der Waals surface area contributed by atoms with Gasteiger partial charge in [0, 0.05) is 6.42 Å². The number of aliphatic carboxylic acids is 1. The van der Waals surface area contributed by atoms with E-state index in [9.17, 15) is 4.79 Å². The maximum Gasteiger partial charge on any atom is 0.338 e. The Labute approximate surface area is 93.8 Å². The molecule has 1 N–H and O–H groups in total. The zero-order chi connectivity index (χ0) is 11.8. The van der Waals surface area contributed by atoms with Crippen molar-refractivity contribution in [2.75, 3.05) is 7.11 Å². The van der Waals surface area contributed by atoms with Gasteiger partial charge in [0.05, 0.1) is 7.11 Å². The molecule has 16 heavy (non-hydrogen) atoms. The van der Waals surface area contributed by atoms with Crippen LogP contribution in [0.3, 0.4) is 0 Å². The third-order valence-electron chi connectivity index (χ3n) is 2.95. The van der Waals surface area contributed by atoms with Crippen LogP contribution in [0.25, 0.3) is 0 Å². The summed E-state index contributed by atoms with van der Waals surface area (Å²) in [5.41, 5.74) is 0.0516. The van der Waals surface area contributed by atoms with Crippen molar-refractivity contribution in [3.05, 3.63) is 29.8 Å². The maximum absolute atomic E-state index is 10.8. The lowest BCUT2D eigenvalue weighted by atomic mass is 10.0. The lowest BCUT2D eigenvalue weighted by molar-refractivity contribution is -0.142. The Balaban J connectivity index is 1.99. The van der Waals surface area contributed by atoms with Gasteiger partial charge in [0.1, 0.15) is 11.9 Å². The minimum Gasteiger partial charge on any atom is -0.497 e. The molecule has 1 aliphatic heterocycles. The van der Waals surface area contributed by atoms with Gasteiger partial charge < -0.3 is 14.6 Å². The molecular formula is C12H14O4. The van der Waals surface area contributed by atoms with E-state index < -0.39 is 11.6 Å². The summed E-state index contributed by atoms with van der Waals surface area (Å²) in [7, 11) is 1.61. The lowest BCUT2D eigenvalue weighted by Crippen LogP contribution is -2.23. The van der Waals surface area contributed by atoms with E-state index in [1.807, 2.05) is 24.3 Å². The normalized spacial score (nSPS) is 27.5. The highest BCUT2D eigenvalue weighted by Crippen LogP contribution is 2.38.